The minimum Gasteiger partial charge on any atom is -0.377 e. The first-order valence-electron chi connectivity index (χ1n) is 6.72. The monoisotopic (exact) mass is 268 g/mol. The van der Waals surface area contributed by atoms with Gasteiger partial charge in [-0.15, -0.1) is 11.3 Å². The maximum Gasteiger partial charge on any atom is 0.0702 e. The van der Waals surface area contributed by atoms with Crippen LogP contribution < -0.4 is 5.32 Å². The Labute approximate surface area is 114 Å². The van der Waals surface area contributed by atoms with Crippen LogP contribution in [0.5, 0.6) is 0 Å². The predicted octanol–water partition coefficient (Wildman–Crippen LogP) is 2.39. The zero-order valence-electron chi connectivity index (χ0n) is 11.7. The van der Waals surface area contributed by atoms with Crippen molar-refractivity contribution in [2.45, 2.75) is 39.0 Å². The highest BCUT2D eigenvalue weighted by Gasteiger charge is 2.18. The van der Waals surface area contributed by atoms with Gasteiger partial charge < -0.3 is 10.1 Å². The molecule has 1 N–H and O–H groups in total. The zero-order valence-corrected chi connectivity index (χ0v) is 12.5. The summed E-state index contributed by atoms with van der Waals surface area (Å²) in [7, 11) is 4.19. The van der Waals surface area contributed by atoms with E-state index in [-0.39, 0.29) is 0 Å². The standard InChI is InChI=1S/C14H24N2OS/c1-11-12(7-14(18-11)8-15-2)9-16(3)10-13-5-4-6-17-13/h7,13,15H,4-6,8-10H2,1-3H3. The number of thiophene rings is 1. The van der Waals surface area contributed by atoms with Crippen molar-refractivity contribution in [3.63, 3.8) is 0 Å². The molecule has 0 amide bonds. The molecule has 4 heteroatoms. The van der Waals surface area contributed by atoms with Gasteiger partial charge in [-0.25, -0.2) is 0 Å². The summed E-state index contributed by atoms with van der Waals surface area (Å²) in [6.07, 6.45) is 2.89. The van der Waals surface area contributed by atoms with E-state index in [9.17, 15) is 0 Å². The SMILES string of the molecule is CNCc1cc(CN(C)CC2CCCO2)c(C)s1. The molecule has 3 nitrogen and oxygen atoms in total. The van der Waals surface area contributed by atoms with Crippen LogP contribution in [0.15, 0.2) is 6.07 Å². The van der Waals surface area contributed by atoms with E-state index >= 15 is 0 Å². The fraction of sp³-hybridized carbons (Fsp3) is 0.714. The lowest BCUT2D eigenvalue weighted by Gasteiger charge is -2.20. The Morgan fingerprint density at radius 1 is 1.56 bits per heavy atom. The summed E-state index contributed by atoms with van der Waals surface area (Å²) in [6.45, 7) is 6.23. The third-order valence-corrected chi connectivity index (χ3v) is 4.49. The largest absolute Gasteiger partial charge is 0.377 e. The molecule has 0 bridgehead atoms. The number of rotatable bonds is 6. The Morgan fingerprint density at radius 2 is 2.39 bits per heavy atom. The fourth-order valence-electron chi connectivity index (χ4n) is 2.50. The lowest BCUT2D eigenvalue weighted by Crippen LogP contribution is -2.28. The van der Waals surface area contributed by atoms with Crippen molar-refractivity contribution in [2.24, 2.45) is 0 Å². The fourth-order valence-corrected chi connectivity index (χ4v) is 3.56. The Morgan fingerprint density at radius 3 is 3.06 bits per heavy atom. The van der Waals surface area contributed by atoms with Gasteiger partial charge in [0.2, 0.25) is 0 Å². The van der Waals surface area contributed by atoms with Crippen LogP contribution in [0.1, 0.15) is 28.2 Å². The molecule has 2 heterocycles. The second-order valence-electron chi connectivity index (χ2n) is 5.16. The second-order valence-corrected chi connectivity index (χ2v) is 6.50. The minimum absolute atomic E-state index is 0.450. The van der Waals surface area contributed by atoms with E-state index in [1.807, 2.05) is 18.4 Å². The molecule has 1 atom stereocenters. The number of nitrogens with zero attached hydrogens (tertiary/aromatic N) is 1. The van der Waals surface area contributed by atoms with Crippen LogP contribution >= 0.6 is 11.3 Å². The van der Waals surface area contributed by atoms with Gasteiger partial charge >= 0.3 is 0 Å². The van der Waals surface area contributed by atoms with Gasteiger partial charge in [0, 0.05) is 36.0 Å². The van der Waals surface area contributed by atoms with Gasteiger partial charge in [0.15, 0.2) is 0 Å². The molecule has 0 spiro atoms. The third-order valence-electron chi connectivity index (χ3n) is 3.40. The first kappa shape index (κ1) is 14.0. The molecular formula is C14H24N2OS. The van der Waals surface area contributed by atoms with E-state index in [0.29, 0.717) is 6.10 Å². The van der Waals surface area contributed by atoms with E-state index in [2.05, 4.69) is 30.3 Å². The minimum atomic E-state index is 0.450. The van der Waals surface area contributed by atoms with Crippen molar-refractivity contribution in [2.75, 3.05) is 27.2 Å². The van der Waals surface area contributed by atoms with E-state index in [0.717, 1.165) is 26.2 Å². The lowest BCUT2D eigenvalue weighted by atomic mass is 10.2. The molecule has 1 aromatic rings. The van der Waals surface area contributed by atoms with Crippen molar-refractivity contribution in [1.82, 2.24) is 10.2 Å². The molecule has 2 rings (SSSR count). The smallest absolute Gasteiger partial charge is 0.0702 e. The summed E-state index contributed by atoms with van der Waals surface area (Å²) in [4.78, 5) is 5.25. The van der Waals surface area contributed by atoms with E-state index < -0.39 is 0 Å². The number of hydrogen-bond acceptors (Lipinski definition) is 4. The molecule has 0 aliphatic carbocycles. The summed E-state index contributed by atoms with van der Waals surface area (Å²) >= 11 is 1.90. The maximum atomic E-state index is 5.69. The van der Waals surface area contributed by atoms with Crippen molar-refractivity contribution < 1.29 is 4.74 Å². The molecule has 1 saturated heterocycles. The number of nitrogens with one attached hydrogen (secondary N) is 1. The quantitative estimate of drug-likeness (QED) is 0.857. The molecule has 1 fully saturated rings. The first-order chi connectivity index (χ1) is 8.69. The normalized spacial score (nSPS) is 19.9. The van der Waals surface area contributed by atoms with Gasteiger partial charge in [0.25, 0.3) is 0 Å². The Bertz CT molecular complexity index is 372. The van der Waals surface area contributed by atoms with Crippen LogP contribution in [-0.4, -0.2) is 38.3 Å². The van der Waals surface area contributed by atoms with Crippen molar-refractivity contribution in [1.29, 1.82) is 0 Å². The molecule has 0 aromatic carbocycles. The number of hydrogen-bond donors (Lipinski definition) is 1. The highest BCUT2D eigenvalue weighted by molar-refractivity contribution is 7.12. The maximum absolute atomic E-state index is 5.69. The molecule has 102 valence electrons. The number of likely N-dealkylation sites (N-methyl/N-ethyl adjacent to an activating group) is 1. The molecule has 1 unspecified atom stereocenters. The zero-order chi connectivity index (χ0) is 13.0. The summed E-state index contributed by atoms with van der Waals surface area (Å²) in [5.41, 5.74) is 1.46. The summed E-state index contributed by atoms with van der Waals surface area (Å²) in [5, 5.41) is 3.21. The van der Waals surface area contributed by atoms with Gasteiger partial charge in [-0.05, 0) is 45.5 Å². The van der Waals surface area contributed by atoms with Crippen molar-refractivity contribution >= 4 is 11.3 Å². The van der Waals surface area contributed by atoms with Crippen LogP contribution in [0.25, 0.3) is 0 Å². The highest BCUT2D eigenvalue weighted by Crippen LogP contribution is 2.23. The van der Waals surface area contributed by atoms with Crippen LogP contribution in [0, 0.1) is 6.92 Å². The summed E-state index contributed by atoms with van der Waals surface area (Å²) in [5.74, 6) is 0. The molecule has 0 radical (unpaired) electrons. The topological polar surface area (TPSA) is 24.5 Å². The molecule has 1 aromatic heterocycles. The Kier molecular flexibility index (Phi) is 5.18. The van der Waals surface area contributed by atoms with E-state index in [1.165, 1.54) is 28.2 Å². The third kappa shape index (κ3) is 3.79. The summed E-state index contributed by atoms with van der Waals surface area (Å²) in [6, 6.07) is 2.34. The average molecular weight is 268 g/mol. The van der Waals surface area contributed by atoms with Crippen molar-refractivity contribution in [3.8, 4) is 0 Å². The lowest BCUT2D eigenvalue weighted by molar-refractivity contribution is 0.0793. The van der Waals surface area contributed by atoms with Crippen molar-refractivity contribution in [3.05, 3.63) is 21.4 Å². The molecule has 1 aliphatic rings. The van der Waals surface area contributed by atoms with Gasteiger partial charge in [0.05, 0.1) is 6.10 Å². The molecule has 0 saturated carbocycles. The number of aryl methyl sites for hydroxylation is 1. The molecular weight excluding hydrogens is 244 g/mol. The molecule has 1 aliphatic heterocycles. The highest BCUT2D eigenvalue weighted by atomic mass is 32.1. The van der Waals surface area contributed by atoms with Crippen LogP contribution in [0.3, 0.4) is 0 Å². The second kappa shape index (κ2) is 6.66. The van der Waals surface area contributed by atoms with Gasteiger partial charge in [-0.3, -0.25) is 4.90 Å². The Hall–Kier alpha value is -0.420. The first-order valence-corrected chi connectivity index (χ1v) is 7.53. The van der Waals surface area contributed by atoms with Crippen LogP contribution in [0.2, 0.25) is 0 Å². The average Bonchev–Trinajstić information content (AvgIpc) is 2.91. The van der Waals surface area contributed by atoms with E-state index in [1.54, 1.807) is 0 Å². The molecule has 18 heavy (non-hydrogen) atoms. The predicted molar refractivity (Wildman–Crippen MR) is 77.1 cm³/mol. The Balaban J connectivity index is 1.87. The van der Waals surface area contributed by atoms with Crippen LogP contribution in [0.4, 0.5) is 0 Å². The summed E-state index contributed by atoms with van der Waals surface area (Å²) < 4.78 is 5.69. The van der Waals surface area contributed by atoms with Crippen LogP contribution in [-0.2, 0) is 17.8 Å². The van der Waals surface area contributed by atoms with Gasteiger partial charge in [-0.2, -0.15) is 0 Å². The van der Waals surface area contributed by atoms with Gasteiger partial charge in [-0.1, -0.05) is 0 Å². The van der Waals surface area contributed by atoms with E-state index in [4.69, 9.17) is 4.74 Å². The number of ether oxygens (including phenoxy) is 1. The van der Waals surface area contributed by atoms with Gasteiger partial charge in [0.1, 0.15) is 0 Å².